The van der Waals surface area contributed by atoms with E-state index < -0.39 is 10.2 Å². The summed E-state index contributed by atoms with van der Waals surface area (Å²) in [5.41, 5.74) is 0. The summed E-state index contributed by atoms with van der Waals surface area (Å²) in [6.45, 7) is 5.50. The van der Waals surface area contributed by atoms with Gasteiger partial charge in [-0.3, -0.25) is 0 Å². The first-order valence-electron chi connectivity index (χ1n) is 5.14. The summed E-state index contributed by atoms with van der Waals surface area (Å²) >= 11 is 0. The molecule has 5 nitrogen and oxygen atoms in total. The Morgan fingerprint density at radius 2 is 2.21 bits per heavy atom. The zero-order chi connectivity index (χ0) is 10.2. The predicted octanol–water partition coefficient (Wildman–Crippen LogP) is -0.769. The van der Waals surface area contributed by atoms with E-state index in [1.807, 2.05) is 6.92 Å². The van der Waals surface area contributed by atoms with E-state index in [1.54, 1.807) is 8.61 Å². The first kappa shape index (κ1) is 10.4. The lowest BCUT2D eigenvalue weighted by atomic mass is 10.2. The lowest BCUT2D eigenvalue weighted by molar-refractivity contribution is 0.365. The molecule has 2 aliphatic rings. The molecule has 0 radical (unpaired) electrons. The van der Waals surface area contributed by atoms with Crippen LogP contribution in [0, 0.1) is 0 Å². The summed E-state index contributed by atoms with van der Waals surface area (Å²) in [5.74, 6) is 0. The van der Waals surface area contributed by atoms with Crippen molar-refractivity contribution in [2.24, 2.45) is 0 Å². The molecule has 2 rings (SSSR count). The van der Waals surface area contributed by atoms with Crippen LogP contribution in [0.1, 0.15) is 13.3 Å². The van der Waals surface area contributed by atoms with Crippen LogP contribution < -0.4 is 5.32 Å². The Hall–Kier alpha value is -0.170. The van der Waals surface area contributed by atoms with Crippen molar-refractivity contribution in [3.05, 3.63) is 0 Å². The van der Waals surface area contributed by atoms with Crippen molar-refractivity contribution in [1.29, 1.82) is 0 Å². The fraction of sp³-hybridized carbons (Fsp3) is 1.00. The Kier molecular flexibility index (Phi) is 2.79. The fourth-order valence-corrected chi connectivity index (χ4v) is 3.97. The maximum atomic E-state index is 11.9. The third-order valence-electron chi connectivity index (χ3n) is 2.99. The largest absolute Gasteiger partial charge is 0.315 e. The number of rotatable bonds is 2. The highest BCUT2D eigenvalue weighted by molar-refractivity contribution is 7.87. The molecule has 0 aromatic carbocycles. The molecule has 0 saturated carbocycles. The Morgan fingerprint density at radius 3 is 2.71 bits per heavy atom. The number of hydrogen-bond acceptors (Lipinski definition) is 3. The van der Waals surface area contributed by atoms with Crippen molar-refractivity contribution in [3.63, 3.8) is 0 Å². The van der Waals surface area contributed by atoms with Gasteiger partial charge in [0.25, 0.3) is 10.2 Å². The minimum Gasteiger partial charge on any atom is -0.315 e. The van der Waals surface area contributed by atoms with Gasteiger partial charge < -0.3 is 5.32 Å². The van der Waals surface area contributed by atoms with E-state index in [0.29, 0.717) is 19.6 Å². The van der Waals surface area contributed by atoms with Crippen LogP contribution in [-0.2, 0) is 10.2 Å². The van der Waals surface area contributed by atoms with Gasteiger partial charge in [-0.1, -0.05) is 6.92 Å². The minimum absolute atomic E-state index is 0.177. The highest BCUT2D eigenvalue weighted by Crippen LogP contribution is 2.21. The van der Waals surface area contributed by atoms with Crippen LogP contribution in [0.4, 0.5) is 0 Å². The molecular weight excluding hydrogens is 202 g/mol. The van der Waals surface area contributed by atoms with Gasteiger partial charge in [0, 0.05) is 32.2 Å². The average molecular weight is 219 g/mol. The van der Waals surface area contributed by atoms with Crippen molar-refractivity contribution in [1.82, 2.24) is 13.9 Å². The van der Waals surface area contributed by atoms with Gasteiger partial charge in [-0.25, -0.2) is 0 Å². The molecular formula is C8H17N3O2S. The predicted molar refractivity (Wildman–Crippen MR) is 54.1 cm³/mol. The van der Waals surface area contributed by atoms with Crippen LogP contribution in [0.2, 0.25) is 0 Å². The highest BCUT2D eigenvalue weighted by atomic mass is 32.2. The van der Waals surface area contributed by atoms with Crippen molar-refractivity contribution in [2.75, 3.05) is 32.7 Å². The lowest BCUT2D eigenvalue weighted by Gasteiger charge is -2.22. The van der Waals surface area contributed by atoms with E-state index in [9.17, 15) is 8.42 Å². The van der Waals surface area contributed by atoms with E-state index in [2.05, 4.69) is 5.32 Å². The summed E-state index contributed by atoms with van der Waals surface area (Å²) < 4.78 is 27.1. The van der Waals surface area contributed by atoms with E-state index in [4.69, 9.17) is 0 Å². The van der Waals surface area contributed by atoms with E-state index in [0.717, 1.165) is 19.5 Å². The zero-order valence-corrected chi connectivity index (χ0v) is 9.26. The normalized spacial score (nSPS) is 33.9. The molecule has 0 aliphatic carbocycles. The van der Waals surface area contributed by atoms with Crippen LogP contribution in [-0.4, -0.2) is 55.8 Å². The number of likely N-dealkylation sites (N-methyl/N-ethyl adjacent to an activating group) is 1. The van der Waals surface area contributed by atoms with Crippen LogP contribution >= 0.6 is 0 Å². The molecule has 1 unspecified atom stereocenters. The first-order chi connectivity index (χ1) is 6.66. The molecule has 1 atom stereocenters. The average Bonchev–Trinajstić information content (AvgIpc) is 2.71. The Balaban J connectivity index is 2.14. The highest BCUT2D eigenvalue weighted by Gasteiger charge is 2.40. The molecule has 6 heteroatoms. The lowest BCUT2D eigenvalue weighted by Crippen LogP contribution is -2.40. The fourth-order valence-electron chi connectivity index (χ4n) is 2.17. The van der Waals surface area contributed by atoms with Crippen LogP contribution in [0.5, 0.6) is 0 Å². The van der Waals surface area contributed by atoms with Crippen molar-refractivity contribution >= 4 is 10.2 Å². The van der Waals surface area contributed by atoms with Gasteiger partial charge in [0.1, 0.15) is 0 Å². The van der Waals surface area contributed by atoms with Gasteiger partial charge in [-0.2, -0.15) is 17.0 Å². The molecule has 2 fully saturated rings. The second kappa shape index (κ2) is 3.77. The van der Waals surface area contributed by atoms with Crippen LogP contribution in [0.15, 0.2) is 0 Å². The SMILES string of the molecule is CCN1CCN(C2CCNC2)S1(=O)=O. The molecule has 2 aliphatic heterocycles. The molecule has 1 N–H and O–H groups in total. The number of hydrogen-bond donors (Lipinski definition) is 1. The van der Waals surface area contributed by atoms with E-state index in [-0.39, 0.29) is 6.04 Å². The molecule has 14 heavy (non-hydrogen) atoms. The molecule has 2 saturated heterocycles. The molecule has 82 valence electrons. The van der Waals surface area contributed by atoms with Gasteiger partial charge in [0.2, 0.25) is 0 Å². The third kappa shape index (κ3) is 1.56. The van der Waals surface area contributed by atoms with Crippen LogP contribution in [0.25, 0.3) is 0 Å². The summed E-state index contributed by atoms with van der Waals surface area (Å²) in [7, 11) is -3.13. The van der Waals surface area contributed by atoms with Crippen molar-refractivity contribution in [2.45, 2.75) is 19.4 Å². The minimum atomic E-state index is -3.13. The zero-order valence-electron chi connectivity index (χ0n) is 8.44. The van der Waals surface area contributed by atoms with Crippen molar-refractivity contribution in [3.8, 4) is 0 Å². The van der Waals surface area contributed by atoms with Gasteiger partial charge in [0.15, 0.2) is 0 Å². The molecule has 0 aromatic rings. The maximum Gasteiger partial charge on any atom is 0.282 e. The Labute approximate surface area is 85.2 Å². The Morgan fingerprint density at radius 1 is 1.43 bits per heavy atom. The van der Waals surface area contributed by atoms with Gasteiger partial charge in [-0.15, -0.1) is 0 Å². The number of nitrogens with zero attached hydrogens (tertiary/aromatic N) is 2. The maximum absolute atomic E-state index is 11.9. The molecule has 0 spiro atoms. The van der Waals surface area contributed by atoms with E-state index in [1.165, 1.54) is 0 Å². The second-order valence-electron chi connectivity index (χ2n) is 3.76. The molecule has 0 amide bonds. The third-order valence-corrected chi connectivity index (χ3v) is 5.15. The summed E-state index contributed by atoms with van der Waals surface area (Å²) in [5, 5.41) is 3.20. The smallest absolute Gasteiger partial charge is 0.282 e. The van der Waals surface area contributed by atoms with Gasteiger partial charge in [0.05, 0.1) is 0 Å². The van der Waals surface area contributed by atoms with Gasteiger partial charge in [-0.05, 0) is 13.0 Å². The summed E-state index contributed by atoms with van der Waals surface area (Å²) in [6, 6.07) is 0.177. The monoisotopic (exact) mass is 219 g/mol. The first-order valence-corrected chi connectivity index (χ1v) is 6.53. The van der Waals surface area contributed by atoms with E-state index >= 15 is 0 Å². The molecule has 0 bridgehead atoms. The molecule has 0 aromatic heterocycles. The second-order valence-corrected chi connectivity index (χ2v) is 5.64. The topological polar surface area (TPSA) is 52.6 Å². The van der Waals surface area contributed by atoms with Crippen LogP contribution in [0.3, 0.4) is 0 Å². The summed E-state index contributed by atoms with van der Waals surface area (Å²) in [6.07, 6.45) is 0.941. The molecule has 2 heterocycles. The van der Waals surface area contributed by atoms with Crippen molar-refractivity contribution < 1.29 is 8.42 Å². The summed E-state index contributed by atoms with van der Waals surface area (Å²) in [4.78, 5) is 0. The number of nitrogens with one attached hydrogen (secondary N) is 1. The quantitative estimate of drug-likeness (QED) is 0.663. The van der Waals surface area contributed by atoms with Gasteiger partial charge >= 0.3 is 0 Å². The standard InChI is InChI=1S/C8H17N3O2S/c1-2-10-5-6-11(14(10,12)13)8-3-4-9-7-8/h8-9H,2-7H2,1H3. The Bertz CT molecular complexity index is 298.